The monoisotopic (exact) mass is 233 g/mol. The van der Waals surface area contributed by atoms with Crippen molar-refractivity contribution in [3.05, 3.63) is 33.5 Å². The number of hydroxylamine groups is 1. The molecule has 0 saturated carbocycles. The maximum absolute atomic E-state index is 13.0. The Hall–Kier alpha value is -0.450. The van der Waals surface area contributed by atoms with Gasteiger partial charge in [0.15, 0.2) is 0 Å². The third kappa shape index (κ3) is 1.83. The second-order valence-electron chi connectivity index (χ2n) is 2.49. The molecule has 0 amide bonds. The summed E-state index contributed by atoms with van der Waals surface area (Å²) >= 11 is 3.24. The average molecular weight is 234 g/mol. The summed E-state index contributed by atoms with van der Waals surface area (Å²) < 4.78 is 13.7. The highest BCUT2D eigenvalue weighted by molar-refractivity contribution is 9.10. The van der Waals surface area contributed by atoms with Crippen LogP contribution in [0.3, 0.4) is 0 Å². The first-order valence-electron chi connectivity index (χ1n) is 3.47. The number of hydrogen-bond acceptors (Lipinski definition) is 2. The van der Waals surface area contributed by atoms with Gasteiger partial charge in [0, 0.05) is 16.6 Å². The molecule has 0 atom stereocenters. The largest absolute Gasteiger partial charge is 0.316 e. The SMILES string of the molecule is Cc1ccc(F)c(CNO)c1Br. The van der Waals surface area contributed by atoms with E-state index < -0.39 is 0 Å². The molecule has 0 bridgehead atoms. The van der Waals surface area contributed by atoms with Crippen molar-refractivity contribution in [2.45, 2.75) is 13.5 Å². The molecule has 0 aliphatic heterocycles. The molecule has 0 fully saturated rings. The van der Waals surface area contributed by atoms with Crippen molar-refractivity contribution < 1.29 is 9.60 Å². The van der Waals surface area contributed by atoms with Crippen LogP contribution in [0.25, 0.3) is 0 Å². The Morgan fingerprint density at radius 2 is 2.25 bits per heavy atom. The normalized spacial score (nSPS) is 10.3. The fourth-order valence-corrected chi connectivity index (χ4v) is 1.42. The van der Waals surface area contributed by atoms with Gasteiger partial charge in [-0.15, -0.1) is 0 Å². The van der Waals surface area contributed by atoms with Crippen molar-refractivity contribution in [1.82, 2.24) is 5.48 Å². The van der Waals surface area contributed by atoms with Gasteiger partial charge < -0.3 is 5.21 Å². The maximum Gasteiger partial charge on any atom is 0.128 e. The van der Waals surface area contributed by atoms with Crippen molar-refractivity contribution in [3.8, 4) is 0 Å². The van der Waals surface area contributed by atoms with E-state index in [4.69, 9.17) is 5.21 Å². The van der Waals surface area contributed by atoms with Crippen LogP contribution in [0.5, 0.6) is 0 Å². The number of aryl methyl sites for hydroxylation is 1. The zero-order chi connectivity index (χ0) is 9.14. The van der Waals surface area contributed by atoms with Crippen molar-refractivity contribution >= 4 is 15.9 Å². The van der Waals surface area contributed by atoms with E-state index in [1.165, 1.54) is 6.07 Å². The maximum atomic E-state index is 13.0. The molecule has 0 saturated heterocycles. The van der Waals surface area contributed by atoms with E-state index in [1.807, 2.05) is 12.4 Å². The van der Waals surface area contributed by atoms with E-state index >= 15 is 0 Å². The summed E-state index contributed by atoms with van der Waals surface area (Å²) in [7, 11) is 0. The van der Waals surface area contributed by atoms with Gasteiger partial charge in [-0.1, -0.05) is 22.0 Å². The Bertz CT molecular complexity index is 291. The molecule has 66 valence electrons. The smallest absolute Gasteiger partial charge is 0.128 e. The van der Waals surface area contributed by atoms with E-state index in [0.29, 0.717) is 10.0 Å². The average Bonchev–Trinajstić information content (AvgIpc) is 2.06. The van der Waals surface area contributed by atoms with Crippen molar-refractivity contribution in [2.75, 3.05) is 0 Å². The van der Waals surface area contributed by atoms with Crippen LogP contribution < -0.4 is 5.48 Å². The molecule has 0 spiro atoms. The summed E-state index contributed by atoms with van der Waals surface area (Å²) in [5.74, 6) is -0.325. The van der Waals surface area contributed by atoms with Gasteiger partial charge in [0.25, 0.3) is 0 Å². The van der Waals surface area contributed by atoms with Gasteiger partial charge in [0.2, 0.25) is 0 Å². The minimum absolute atomic E-state index is 0.105. The first-order valence-corrected chi connectivity index (χ1v) is 4.26. The van der Waals surface area contributed by atoms with Crippen LogP contribution in [0, 0.1) is 12.7 Å². The summed E-state index contributed by atoms with van der Waals surface area (Å²) in [6.45, 7) is 1.97. The Kier molecular flexibility index (Phi) is 3.20. The van der Waals surface area contributed by atoms with Crippen LogP contribution in [-0.4, -0.2) is 5.21 Å². The molecule has 2 nitrogen and oxygen atoms in total. The van der Waals surface area contributed by atoms with Crippen LogP contribution in [0.2, 0.25) is 0 Å². The highest BCUT2D eigenvalue weighted by Gasteiger charge is 2.07. The lowest BCUT2D eigenvalue weighted by Crippen LogP contribution is -2.09. The Morgan fingerprint density at radius 1 is 1.58 bits per heavy atom. The summed E-state index contributed by atoms with van der Waals surface area (Å²) in [5, 5.41) is 8.42. The second kappa shape index (κ2) is 3.98. The molecular weight excluding hydrogens is 225 g/mol. The molecular formula is C8H9BrFNO. The fourth-order valence-electron chi connectivity index (χ4n) is 0.956. The van der Waals surface area contributed by atoms with Gasteiger partial charge in [-0.25, -0.2) is 9.87 Å². The summed E-state index contributed by atoms with van der Waals surface area (Å²) in [5.41, 5.74) is 3.31. The quantitative estimate of drug-likeness (QED) is 0.770. The van der Waals surface area contributed by atoms with Crippen LogP contribution >= 0.6 is 15.9 Å². The molecule has 0 aromatic heterocycles. The molecule has 12 heavy (non-hydrogen) atoms. The van der Waals surface area contributed by atoms with Crippen molar-refractivity contribution in [3.63, 3.8) is 0 Å². The molecule has 1 aromatic rings. The van der Waals surface area contributed by atoms with Crippen LogP contribution in [0.4, 0.5) is 4.39 Å². The van der Waals surface area contributed by atoms with E-state index in [-0.39, 0.29) is 12.4 Å². The highest BCUT2D eigenvalue weighted by atomic mass is 79.9. The molecule has 2 N–H and O–H groups in total. The lowest BCUT2D eigenvalue weighted by molar-refractivity contribution is 0.159. The van der Waals surface area contributed by atoms with Crippen LogP contribution in [0.15, 0.2) is 16.6 Å². The van der Waals surface area contributed by atoms with Gasteiger partial charge in [0.1, 0.15) is 5.82 Å². The Balaban J connectivity index is 3.14. The van der Waals surface area contributed by atoms with E-state index in [2.05, 4.69) is 15.9 Å². The summed E-state index contributed by atoms with van der Waals surface area (Å²) in [6.07, 6.45) is 0. The minimum atomic E-state index is -0.325. The molecule has 4 heteroatoms. The third-order valence-corrected chi connectivity index (χ3v) is 2.74. The van der Waals surface area contributed by atoms with Gasteiger partial charge in [-0.3, -0.25) is 0 Å². The summed E-state index contributed by atoms with van der Waals surface area (Å²) in [6, 6.07) is 3.06. The number of halogens is 2. The standard InChI is InChI=1S/C8H9BrFNO/c1-5-2-3-7(10)6(4-11-12)8(5)9/h2-3,11-12H,4H2,1H3. The molecule has 0 radical (unpaired) electrons. The first-order chi connectivity index (χ1) is 5.66. The zero-order valence-corrected chi connectivity index (χ0v) is 8.15. The molecule has 0 aliphatic rings. The molecule has 1 aromatic carbocycles. The lowest BCUT2D eigenvalue weighted by Gasteiger charge is -2.06. The Labute approximate surface area is 78.5 Å². The lowest BCUT2D eigenvalue weighted by atomic mass is 10.1. The molecule has 0 heterocycles. The molecule has 0 unspecified atom stereocenters. The zero-order valence-electron chi connectivity index (χ0n) is 6.56. The van der Waals surface area contributed by atoms with Gasteiger partial charge >= 0.3 is 0 Å². The molecule has 0 aliphatic carbocycles. The Morgan fingerprint density at radius 3 is 2.83 bits per heavy atom. The van der Waals surface area contributed by atoms with Gasteiger partial charge in [0.05, 0.1) is 0 Å². The number of benzene rings is 1. The first kappa shape index (κ1) is 9.64. The van der Waals surface area contributed by atoms with E-state index in [1.54, 1.807) is 6.07 Å². The van der Waals surface area contributed by atoms with Gasteiger partial charge in [-0.2, -0.15) is 0 Å². The minimum Gasteiger partial charge on any atom is -0.316 e. The highest BCUT2D eigenvalue weighted by Crippen LogP contribution is 2.23. The van der Waals surface area contributed by atoms with E-state index in [9.17, 15) is 4.39 Å². The number of nitrogens with one attached hydrogen (secondary N) is 1. The van der Waals surface area contributed by atoms with Crippen LogP contribution in [-0.2, 0) is 6.54 Å². The van der Waals surface area contributed by atoms with Crippen molar-refractivity contribution in [2.24, 2.45) is 0 Å². The number of hydrogen-bond donors (Lipinski definition) is 2. The van der Waals surface area contributed by atoms with Crippen LogP contribution in [0.1, 0.15) is 11.1 Å². The van der Waals surface area contributed by atoms with E-state index in [0.717, 1.165) is 5.56 Å². The number of rotatable bonds is 2. The second-order valence-corrected chi connectivity index (χ2v) is 3.28. The molecule has 1 rings (SSSR count). The van der Waals surface area contributed by atoms with Crippen molar-refractivity contribution in [1.29, 1.82) is 0 Å². The summed E-state index contributed by atoms with van der Waals surface area (Å²) in [4.78, 5) is 0. The topological polar surface area (TPSA) is 32.3 Å². The van der Waals surface area contributed by atoms with Gasteiger partial charge in [-0.05, 0) is 18.6 Å². The predicted molar refractivity (Wildman–Crippen MR) is 47.5 cm³/mol. The predicted octanol–water partition coefficient (Wildman–Crippen LogP) is 2.38. The third-order valence-electron chi connectivity index (χ3n) is 1.63. The fraction of sp³-hybridized carbons (Fsp3) is 0.250.